The number of Topliss-reactive ketones (excluding diaryl/α,β-unsaturated/α-hetero) is 1. The van der Waals surface area contributed by atoms with E-state index in [2.05, 4.69) is 26.6 Å². The van der Waals surface area contributed by atoms with Crippen LogP contribution in [0.3, 0.4) is 0 Å². The Morgan fingerprint density at radius 2 is 1.79 bits per heavy atom. The fourth-order valence-corrected chi connectivity index (χ4v) is 8.18. The molecule has 5 rings (SSSR count). The van der Waals surface area contributed by atoms with Gasteiger partial charge in [-0.2, -0.15) is 0 Å². The van der Waals surface area contributed by atoms with Crippen LogP contribution in [0.2, 0.25) is 19.6 Å². The van der Waals surface area contributed by atoms with E-state index in [4.69, 9.17) is 28.1 Å². The van der Waals surface area contributed by atoms with Crippen molar-refractivity contribution in [3.8, 4) is 0 Å². The number of benzene rings is 1. The van der Waals surface area contributed by atoms with Gasteiger partial charge in [0.25, 0.3) is 0 Å². The van der Waals surface area contributed by atoms with Gasteiger partial charge in [-0.1, -0.05) is 37.3 Å². The second-order valence-corrected chi connectivity index (χ2v) is 17.0. The highest BCUT2D eigenvalue weighted by molar-refractivity contribution is 6.69. The second kappa shape index (κ2) is 11.4. The minimum absolute atomic E-state index is 0.162. The van der Waals surface area contributed by atoms with E-state index in [1.807, 2.05) is 37.3 Å². The molecule has 1 aromatic carbocycles. The molecule has 8 nitrogen and oxygen atoms in total. The first-order chi connectivity index (χ1) is 18.0. The molecule has 1 unspecified atom stereocenters. The van der Waals surface area contributed by atoms with Crippen LogP contribution < -0.4 is 0 Å². The van der Waals surface area contributed by atoms with Crippen LogP contribution in [0.1, 0.15) is 57.8 Å². The number of hydrogen-bond acceptors (Lipinski definition) is 8. The van der Waals surface area contributed by atoms with Crippen LogP contribution >= 0.6 is 0 Å². The zero-order valence-electron chi connectivity index (χ0n) is 23.3. The van der Waals surface area contributed by atoms with Gasteiger partial charge in [0.1, 0.15) is 18.3 Å². The van der Waals surface area contributed by atoms with Gasteiger partial charge in [0, 0.05) is 24.5 Å². The largest absolute Gasteiger partial charge is 0.410 e. The third-order valence-electron chi connectivity index (χ3n) is 8.33. The first kappa shape index (κ1) is 28.4. The number of fused-ring (bicyclic) bond motifs is 2. The van der Waals surface area contributed by atoms with Crippen molar-refractivity contribution in [2.45, 2.75) is 120 Å². The minimum atomic E-state index is -1.95. The van der Waals surface area contributed by atoms with Crippen LogP contribution in [0.5, 0.6) is 0 Å². The number of ether oxygens (including phenoxy) is 5. The van der Waals surface area contributed by atoms with Crippen molar-refractivity contribution in [2.75, 3.05) is 13.2 Å². The number of ketones is 1. The number of rotatable bonds is 6. The Hall–Kier alpha value is -1.17. The Labute approximate surface area is 227 Å². The highest BCUT2D eigenvalue weighted by atomic mass is 28.4. The molecule has 4 fully saturated rings. The van der Waals surface area contributed by atoms with Crippen molar-refractivity contribution in [3.63, 3.8) is 0 Å². The summed E-state index contributed by atoms with van der Waals surface area (Å²) in [7, 11) is -1.95. The molecule has 0 spiro atoms. The van der Waals surface area contributed by atoms with E-state index in [0.717, 1.165) is 18.4 Å². The van der Waals surface area contributed by atoms with Crippen molar-refractivity contribution in [3.05, 3.63) is 35.9 Å². The molecule has 0 radical (unpaired) electrons. The quantitative estimate of drug-likeness (QED) is 0.530. The number of hydrogen-bond donors (Lipinski definition) is 1. The zero-order chi connectivity index (χ0) is 27.1. The standard InChI is InChI=1S/C29H44O8Si/c1-18-25(30)26(31)20(34-21-12-9-15-32-27(18)21)13-14-24-29(2,37-38(3,4)5)16-22-23(35-24)17-33-28(36-22)19-10-7-6-8-11-19/h6-8,10-11,18,20-25,27-28,30H,9,12-17H2,1-5H3/t18-,20-,21+,22+,23-,24+,25?,27-,28-,29-/m1/s1. The maximum Gasteiger partial charge on any atom is 0.190 e. The molecule has 0 amide bonds. The third-order valence-corrected chi connectivity index (χ3v) is 9.41. The lowest BCUT2D eigenvalue weighted by Crippen LogP contribution is -2.61. The maximum absolute atomic E-state index is 13.2. The Balaban J connectivity index is 1.30. The Bertz CT molecular complexity index is 954. The average molecular weight is 549 g/mol. The molecule has 4 aliphatic heterocycles. The predicted molar refractivity (Wildman–Crippen MR) is 143 cm³/mol. The predicted octanol–water partition coefficient (Wildman–Crippen LogP) is 4.16. The van der Waals surface area contributed by atoms with Gasteiger partial charge in [-0.3, -0.25) is 4.79 Å². The van der Waals surface area contributed by atoms with Gasteiger partial charge in [0.15, 0.2) is 20.4 Å². The molecule has 212 valence electrons. The van der Waals surface area contributed by atoms with Crippen molar-refractivity contribution in [1.82, 2.24) is 0 Å². The Morgan fingerprint density at radius 3 is 2.53 bits per heavy atom. The lowest BCUT2D eigenvalue weighted by molar-refractivity contribution is -0.314. The van der Waals surface area contributed by atoms with Gasteiger partial charge < -0.3 is 33.2 Å². The lowest BCUT2D eigenvalue weighted by Gasteiger charge is -2.52. The van der Waals surface area contributed by atoms with Gasteiger partial charge in [0.2, 0.25) is 0 Å². The SMILES string of the molecule is C[C@@H]1C(O)C(=O)[C@@H](CC[C@@H]2O[C@@H]3CO[C@@H](c4ccccc4)O[C@H]3C[C@@]2(C)O[Si](C)(C)C)O[C@H]2CCCO[C@@H]21. The van der Waals surface area contributed by atoms with Crippen molar-refractivity contribution in [2.24, 2.45) is 5.92 Å². The smallest absolute Gasteiger partial charge is 0.190 e. The van der Waals surface area contributed by atoms with Gasteiger partial charge in [0.05, 0.1) is 36.6 Å². The monoisotopic (exact) mass is 548 g/mol. The molecule has 1 N–H and O–H groups in total. The lowest BCUT2D eigenvalue weighted by atomic mass is 9.83. The molecule has 0 aliphatic carbocycles. The summed E-state index contributed by atoms with van der Waals surface area (Å²) in [6, 6.07) is 9.96. The number of aliphatic hydroxyl groups is 1. The van der Waals surface area contributed by atoms with Gasteiger partial charge in [-0.25, -0.2) is 0 Å². The van der Waals surface area contributed by atoms with Crippen LogP contribution in [0, 0.1) is 5.92 Å². The number of carbonyl (C=O) groups excluding carboxylic acids is 1. The second-order valence-electron chi connectivity index (χ2n) is 12.6. The van der Waals surface area contributed by atoms with Crippen LogP contribution in [0.15, 0.2) is 30.3 Å². The van der Waals surface area contributed by atoms with E-state index in [0.29, 0.717) is 32.5 Å². The number of carbonyl (C=O) groups is 1. The molecule has 38 heavy (non-hydrogen) atoms. The van der Waals surface area contributed by atoms with Crippen LogP contribution in [-0.2, 0) is 32.9 Å². The van der Waals surface area contributed by atoms with E-state index in [1.54, 1.807) is 0 Å². The van der Waals surface area contributed by atoms with Crippen molar-refractivity contribution in [1.29, 1.82) is 0 Å². The summed E-state index contributed by atoms with van der Waals surface area (Å²) in [6.45, 7) is 11.6. The molecule has 4 heterocycles. The Kier molecular flexibility index (Phi) is 8.48. The van der Waals surface area contributed by atoms with Gasteiger partial charge in [-0.15, -0.1) is 0 Å². The van der Waals surface area contributed by atoms with Crippen LogP contribution in [0.4, 0.5) is 0 Å². The fourth-order valence-electron chi connectivity index (χ4n) is 6.56. The summed E-state index contributed by atoms with van der Waals surface area (Å²) < 4.78 is 38.1. The summed E-state index contributed by atoms with van der Waals surface area (Å²) in [5.74, 6) is -0.550. The highest BCUT2D eigenvalue weighted by Gasteiger charge is 2.52. The van der Waals surface area contributed by atoms with E-state index < -0.39 is 32.4 Å². The van der Waals surface area contributed by atoms with Crippen molar-refractivity contribution >= 4 is 14.1 Å². The number of aliphatic hydroxyl groups excluding tert-OH is 1. The molecule has 1 aromatic rings. The van der Waals surface area contributed by atoms with E-state index in [1.165, 1.54) is 0 Å². The normalized spacial score (nSPS) is 42.2. The van der Waals surface area contributed by atoms with Gasteiger partial charge >= 0.3 is 0 Å². The molecule has 4 saturated heterocycles. The zero-order valence-corrected chi connectivity index (χ0v) is 24.3. The molecule has 9 heteroatoms. The topological polar surface area (TPSA) is 92.7 Å². The first-order valence-corrected chi connectivity index (χ1v) is 17.6. The van der Waals surface area contributed by atoms with E-state index >= 15 is 0 Å². The molecular formula is C29H44O8Si. The van der Waals surface area contributed by atoms with Crippen LogP contribution in [0.25, 0.3) is 0 Å². The third kappa shape index (κ3) is 6.10. The average Bonchev–Trinajstić information content (AvgIpc) is 2.97. The molecular weight excluding hydrogens is 504 g/mol. The van der Waals surface area contributed by atoms with E-state index in [-0.39, 0.29) is 42.2 Å². The molecule has 10 atom stereocenters. The molecule has 0 saturated carbocycles. The van der Waals surface area contributed by atoms with Crippen LogP contribution in [-0.4, -0.2) is 80.7 Å². The maximum atomic E-state index is 13.2. The molecule has 0 aromatic heterocycles. The first-order valence-electron chi connectivity index (χ1n) is 14.2. The summed E-state index contributed by atoms with van der Waals surface area (Å²) >= 11 is 0. The molecule has 4 aliphatic rings. The van der Waals surface area contributed by atoms with Gasteiger partial charge in [-0.05, 0) is 52.2 Å². The molecule has 0 bridgehead atoms. The summed E-state index contributed by atoms with van der Waals surface area (Å²) in [5, 5.41) is 10.8. The summed E-state index contributed by atoms with van der Waals surface area (Å²) in [6.07, 6.45) is 0.141. The van der Waals surface area contributed by atoms with E-state index in [9.17, 15) is 9.90 Å². The minimum Gasteiger partial charge on any atom is -0.410 e. The fraction of sp³-hybridized carbons (Fsp3) is 0.759. The van der Waals surface area contributed by atoms with Crippen molar-refractivity contribution < 1.29 is 38.0 Å². The summed E-state index contributed by atoms with van der Waals surface area (Å²) in [4.78, 5) is 13.2. The highest BCUT2D eigenvalue weighted by Crippen LogP contribution is 2.42. The Morgan fingerprint density at radius 1 is 1.03 bits per heavy atom. The summed E-state index contributed by atoms with van der Waals surface area (Å²) in [5.41, 5.74) is 0.406.